The molecule has 0 radical (unpaired) electrons. The summed E-state index contributed by atoms with van der Waals surface area (Å²) >= 11 is 0. The van der Waals surface area contributed by atoms with E-state index in [9.17, 15) is 9.59 Å². The van der Waals surface area contributed by atoms with Crippen molar-refractivity contribution < 1.29 is 19.8 Å². The molecule has 0 aliphatic carbocycles. The van der Waals surface area contributed by atoms with Crippen LogP contribution in [0.25, 0.3) is 0 Å². The minimum atomic E-state index is -1.00. The third-order valence-electron chi connectivity index (χ3n) is 1.96. The van der Waals surface area contributed by atoms with Crippen molar-refractivity contribution in [3.05, 3.63) is 0 Å². The van der Waals surface area contributed by atoms with E-state index in [1.807, 2.05) is 6.92 Å². The molecule has 3 atom stereocenters. The fourth-order valence-electron chi connectivity index (χ4n) is 0.961. The molecule has 0 fully saturated rings. The molecule has 0 aromatic heterocycles. The topological polar surface area (TPSA) is 127 Å². The van der Waals surface area contributed by atoms with Crippen molar-refractivity contribution in [2.75, 3.05) is 5.75 Å². The molecule has 0 amide bonds. The summed E-state index contributed by atoms with van der Waals surface area (Å²) in [6.07, 6.45) is 0.780. The van der Waals surface area contributed by atoms with Crippen molar-refractivity contribution in [3.63, 3.8) is 0 Å². The van der Waals surface area contributed by atoms with Crippen LogP contribution in [0.3, 0.4) is 0 Å². The highest BCUT2D eigenvalue weighted by Crippen LogP contribution is 2.29. The number of hydrogen-bond acceptors (Lipinski definition) is 6. The van der Waals surface area contributed by atoms with E-state index in [0.717, 1.165) is 0 Å². The largest absolute Gasteiger partial charge is 0.480 e. The van der Waals surface area contributed by atoms with Crippen LogP contribution < -0.4 is 11.5 Å². The normalized spacial score (nSPS) is 16.2. The second-order valence-corrected chi connectivity index (χ2v) is 6.57. The van der Waals surface area contributed by atoms with E-state index in [0.29, 0.717) is 18.6 Å². The summed E-state index contributed by atoms with van der Waals surface area (Å²) in [5.41, 5.74) is 10.7. The lowest BCUT2D eigenvalue weighted by Gasteiger charge is -2.13. The predicted octanol–water partition coefficient (Wildman–Crippen LogP) is 0.360. The lowest BCUT2D eigenvalue weighted by molar-refractivity contribution is -0.139. The average Bonchev–Trinajstić information content (AvgIpc) is 2.23. The lowest BCUT2D eigenvalue weighted by Crippen LogP contribution is -2.32. The molecule has 0 spiro atoms. The van der Waals surface area contributed by atoms with Gasteiger partial charge in [0.15, 0.2) is 0 Å². The Morgan fingerprint density at radius 3 is 2.18 bits per heavy atom. The third kappa shape index (κ3) is 8.31. The highest BCUT2D eigenvalue weighted by Gasteiger charge is 2.16. The Morgan fingerprint density at radius 2 is 1.71 bits per heavy atom. The molecule has 8 heteroatoms. The second-order valence-electron chi connectivity index (χ2n) is 3.64. The molecule has 1 unspecified atom stereocenters. The first kappa shape index (κ1) is 16.6. The highest BCUT2D eigenvalue weighted by molar-refractivity contribution is 8.76. The van der Waals surface area contributed by atoms with E-state index in [4.69, 9.17) is 21.7 Å². The first-order chi connectivity index (χ1) is 7.84. The van der Waals surface area contributed by atoms with Gasteiger partial charge in [-0.1, -0.05) is 28.5 Å². The molecule has 0 aliphatic rings. The molecule has 6 nitrogen and oxygen atoms in total. The summed E-state index contributed by atoms with van der Waals surface area (Å²) in [4.78, 5) is 20.9. The van der Waals surface area contributed by atoms with Gasteiger partial charge in [-0.3, -0.25) is 9.59 Å². The molecule has 0 aliphatic heterocycles. The van der Waals surface area contributed by atoms with Crippen LogP contribution in [-0.2, 0) is 9.59 Å². The van der Waals surface area contributed by atoms with Crippen molar-refractivity contribution in [1.29, 1.82) is 0 Å². The van der Waals surface area contributed by atoms with Gasteiger partial charge in [0.2, 0.25) is 0 Å². The highest BCUT2D eigenvalue weighted by atomic mass is 33.1. The average molecular weight is 282 g/mol. The standard InChI is InChI=1S/C9H18N2O4S2/c1-5(4-7(11)9(14)15)17-16-3-2-6(10)8(12)13/h5-7H,2-4,10-11H2,1H3,(H,12,13)(H,14,15)/t5?,6-,7-/m0/s1. The van der Waals surface area contributed by atoms with Crippen molar-refractivity contribution in [2.24, 2.45) is 11.5 Å². The minimum Gasteiger partial charge on any atom is -0.480 e. The first-order valence-corrected chi connectivity index (χ1v) is 7.47. The SMILES string of the molecule is CC(C[C@H](N)C(=O)O)SSCC[C@H](N)C(=O)O. The zero-order valence-electron chi connectivity index (χ0n) is 9.54. The van der Waals surface area contributed by atoms with Gasteiger partial charge in [0.1, 0.15) is 12.1 Å². The maximum Gasteiger partial charge on any atom is 0.320 e. The number of carbonyl (C=O) groups is 2. The molecule has 0 saturated heterocycles. The smallest absolute Gasteiger partial charge is 0.320 e. The van der Waals surface area contributed by atoms with Crippen molar-refractivity contribution in [1.82, 2.24) is 0 Å². The predicted molar refractivity (Wildman–Crippen MR) is 70.0 cm³/mol. The van der Waals surface area contributed by atoms with Gasteiger partial charge >= 0.3 is 11.9 Å². The van der Waals surface area contributed by atoms with Crippen LogP contribution >= 0.6 is 21.6 Å². The van der Waals surface area contributed by atoms with Crippen LogP contribution in [0.15, 0.2) is 0 Å². The Labute approximate surface area is 108 Å². The van der Waals surface area contributed by atoms with Gasteiger partial charge in [-0.05, 0) is 12.8 Å². The van der Waals surface area contributed by atoms with Gasteiger partial charge in [-0.15, -0.1) is 0 Å². The molecule has 0 rings (SSSR count). The van der Waals surface area contributed by atoms with Crippen LogP contribution in [0.4, 0.5) is 0 Å². The molecule has 0 aromatic rings. The number of carboxylic acids is 2. The molecule has 0 saturated carbocycles. The van der Waals surface area contributed by atoms with Gasteiger partial charge in [-0.25, -0.2) is 0 Å². The lowest BCUT2D eigenvalue weighted by atomic mass is 10.2. The molecule has 0 bridgehead atoms. The van der Waals surface area contributed by atoms with Gasteiger partial charge < -0.3 is 21.7 Å². The number of nitrogens with two attached hydrogens (primary N) is 2. The minimum absolute atomic E-state index is 0.104. The number of carboxylic acid groups (broad SMARTS) is 2. The van der Waals surface area contributed by atoms with E-state index in [-0.39, 0.29) is 5.25 Å². The van der Waals surface area contributed by atoms with Gasteiger partial charge in [0, 0.05) is 11.0 Å². The van der Waals surface area contributed by atoms with E-state index in [2.05, 4.69) is 0 Å². The summed E-state index contributed by atoms with van der Waals surface area (Å²) in [5.74, 6) is -1.39. The van der Waals surface area contributed by atoms with E-state index >= 15 is 0 Å². The first-order valence-electron chi connectivity index (χ1n) is 5.09. The van der Waals surface area contributed by atoms with Crippen molar-refractivity contribution in [3.8, 4) is 0 Å². The van der Waals surface area contributed by atoms with Crippen LogP contribution in [0.1, 0.15) is 19.8 Å². The maximum atomic E-state index is 10.5. The zero-order chi connectivity index (χ0) is 13.4. The zero-order valence-corrected chi connectivity index (χ0v) is 11.2. The van der Waals surface area contributed by atoms with Crippen LogP contribution in [-0.4, -0.2) is 45.2 Å². The fourth-order valence-corrected chi connectivity index (χ4v) is 3.44. The number of hydrogen-bond donors (Lipinski definition) is 4. The maximum absolute atomic E-state index is 10.5. The summed E-state index contributed by atoms with van der Waals surface area (Å²) in [6.45, 7) is 1.89. The summed E-state index contributed by atoms with van der Waals surface area (Å²) in [7, 11) is 2.99. The van der Waals surface area contributed by atoms with Gasteiger partial charge in [-0.2, -0.15) is 0 Å². The molecule has 0 heterocycles. The fraction of sp³-hybridized carbons (Fsp3) is 0.778. The molecular formula is C9H18N2O4S2. The Morgan fingerprint density at radius 1 is 1.18 bits per heavy atom. The van der Waals surface area contributed by atoms with Crippen molar-refractivity contribution in [2.45, 2.75) is 37.1 Å². The Hall–Kier alpha value is -0.440. The molecule has 0 aromatic carbocycles. The van der Waals surface area contributed by atoms with Crippen LogP contribution in [0.2, 0.25) is 0 Å². The summed E-state index contributed by atoms with van der Waals surface area (Å²) in [5, 5.41) is 17.3. The monoisotopic (exact) mass is 282 g/mol. The Bertz CT molecular complexity index is 265. The molecule has 17 heavy (non-hydrogen) atoms. The molecule has 100 valence electrons. The van der Waals surface area contributed by atoms with E-state index in [1.165, 1.54) is 21.6 Å². The van der Waals surface area contributed by atoms with E-state index < -0.39 is 24.0 Å². The van der Waals surface area contributed by atoms with Crippen LogP contribution in [0, 0.1) is 0 Å². The summed E-state index contributed by atoms with van der Waals surface area (Å²) < 4.78 is 0. The molecule has 6 N–H and O–H groups in total. The van der Waals surface area contributed by atoms with E-state index in [1.54, 1.807) is 0 Å². The Balaban J connectivity index is 3.61. The molecular weight excluding hydrogens is 264 g/mol. The summed E-state index contributed by atoms with van der Waals surface area (Å²) in [6, 6.07) is -1.68. The number of rotatable bonds is 9. The second kappa shape index (κ2) is 8.62. The van der Waals surface area contributed by atoms with Crippen LogP contribution in [0.5, 0.6) is 0 Å². The quantitative estimate of drug-likeness (QED) is 0.353. The van der Waals surface area contributed by atoms with Gasteiger partial charge in [0.05, 0.1) is 0 Å². The van der Waals surface area contributed by atoms with Gasteiger partial charge in [0.25, 0.3) is 0 Å². The number of aliphatic carboxylic acids is 2. The third-order valence-corrected chi connectivity index (χ3v) is 4.92. The Kier molecular flexibility index (Phi) is 8.40. The van der Waals surface area contributed by atoms with Crippen molar-refractivity contribution >= 4 is 33.5 Å².